The number of rotatable bonds is 4. The zero-order valence-electron chi connectivity index (χ0n) is 14.6. The fraction of sp³-hybridized carbons (Fsp3) is 0.286. The molecule has 0 unspecified atom stereocenters. The quantitative estimate of drug-likeness (QED) is 0.713. The van der Waals surface area contributed by atoms with E-state index in [4.69, 9.17) is 0 Å². The summed E-state index contributed by atoms with van der Waals surface area (Å²) in [6, 6.07) is 12.6. The van der Waals surface area contributed by atoms with Crippen LogP contribution in [0.3, 0.4) is 0 Å². The maximum absolute atomic E-state index is 13.7. The summed E-state index contributed by atoms with van der Waals surface area (Å²) in [4.78, 5) is 16.0. The van der Waals surface area contributed by atoms with Gasteiger partial charge in [-0.15, -0.1) is 0 Å². The van der Waals surface area contributed by atoms with Crippen LogP contribution in [0.25, 0.3) is 11.3 Å². The van der Waals surface area contributed by atoms with Gasteiger partial charge in [0.15, 0.2) is 0 Å². The second-order valence-electron chi connectivity index (χ2n) is 6.70. The van der Waals surface area contributed by atoms with E-state index in [9.17, 15) is 4.39 Å². The Kier molecular flexibility index (Phi) is 4.97. The van der Waals surface area contributed by atoms with Crippen molar-refractivity contribution in [2.45, 2.75) is 25.3 Å². The van der Waals surface area contributed by atoms with E-state index in [2.05, 4.69) is 25.9 Å². The summed E-state index contributed by atoms with van der Waals surface area (Å²) in [5.74, 6) is 0.0407. The van der Waals surface area contributed by atoms with Crippen LogP contribution in [-0.4, -0.2) is 32.9 Å². The lowest BCUT2D eigenvalue weighted by atomic mass is 9.91. The molecule has 3 aromatic rings. The van der Waals surface area contributed by atoms with Crippen molar-refractivity contribution in [2.75, 3.05) is 13.1 Å². The number of pyridine rings is 1. The molecule has 132 valence electrons. The number of likely N-dealkylation sites (tertiary alicyclic amines) is 1. The molecule has 0 amide bonds. The summed E-state index contributed by atoms with van der Waals surface area (Å²) in [6.07, 6.45) is 7.42. The normalized spacial score (nSPS) is 18.0. The number of nitrogens with zero attached hydrogens (tertiary/aromatic N) is 4. The zero-order chi connectivity index (χ0) is 17.8. The van der Waals surface area contributed by atoms with E-state index in [0.29, 0.717) is 5.92 Å². The standard InChI is InChI=1S/C21H21FN4/c22-18-7-3-5-16(13-18)20-21(25-11-10-24-20)17-6-4-12-26(14-17)15-19-8-1-2-9-23-19/h1-3,5,7-11,13,17H,4,6,12,14-15H2/t17-/m1/s1. The number of hydrogen-bond acceptors (Lipinski definition) is 4. The van der Waals surface area contributed by atoms with Gasteiger partial charge in [0.25, 0.3) is 0 Å². The SMILES string of the molecule is Fc1cccc(-c2nccnc2[C@@H]2CCCN(Cc3ccccn3)C2)c1. The molecule has 5 heteroatoms. The number of hydrogen-bond donors (Lipinski definition) is 0. The molecule has 26 heavy (non-hydrogen) atoms. The van der Waals surface area contributed by atoms with Gasteiger partial charge in [-0.1, -0.05) is 18.2 Å². The summed E-state index contributed by atoms with van der Waals surface area (Å²) in [5, 5.41) is 0. The Bertz CT molecular complexity index is 869. The van der Waals surface area contributed by atoms with Gasteiger partial charge >= 0.3 is 0 Å². The Morgan fingerprint density at radius 2 is 1.92 bits per heavy atom. The first kappa shape index (κ1) is 16.8. The molecule has 1 aromatic carbocycles. The maximum atomic E-state index is 13.7. The largest absolute Gasteiger partial charge is 0.297 e. The Morgan fingerprint density at radius 3 is 2.77 bits per heavy atom. The van der Waals surface area contributed by atoms with E-state index >= 15 is 0 Å². The molecule has 0 saturated carbocycles. The van der Waals surface area contributed by atoms with Crippen molar-refractivity contribution >= 4 is 0 Å². The Balaban J connectivity index is 1.57. The molecule has 1 aliphatic rings. The summed E-state index contributed by atoms with van der Waals surface area (Å²) in [5.41, 5.74) is 3.62. The molecule has 0 bridgehead atoms. The molecule has 0 aliphatic carbocycles. The van der Waals surface area contributed by atoms with E-state index in [0.717, 1.165) is 55.1 Å². The first-order valence-corrected chi connectivity index (χ1v) is 8.99. The Hall–Kier alpha value is -2.66. The van der Waals surface area contributed by atoms with E-state index in [1.165, 1.54) is 12.1 Å². The second-order valence-corrected chi connectivity index (χ2v) is 6.70. The third kappa shape index (κ3) is 3.78. The summed E-state index contributed by atoms with van der Waals surface area (Å²) in [6.45, 7) is 2.81. The predicted octanol–water partition coefficient (Wildman–Crippen LogP) is 4.06. The van der Waals surface area contributed by atoms with E-state index < -0.39 is 0 Å². The fourth-order valence-electron chi connectivity index (χ4n) is 3.65. The van der Waals surface area contributed by atoms with Gasteiger partial charge in [0, 0.05) is 43.2 Å². The van der Waals surface area contributed by atoms with Crippen molar-refractivity contribution in [3.63, 3.8) is 0 Å². The van der Waals surface area contributed by atoms with Crippen molar-refractivity contribution in [2.24, 2.45) is 0 Å². The van der Waals surface area contributed by atoms with Crippen LogP contribution in [-0.2, 0) is 6.54 Å². The minimum absolute atomic E-state index is 0.250. The molecule has 0 N–H and O–H groups in total. The molecule has 3 heterocycles. The van der Waals surface area contributed by atoms with Gasteiger partial charge in [-0.05, 0) is 43.7 Å². The average molecular weight is 348 g/mol. The van der Waals surface area contributed by atoms with E-state index in [-0.39, 0.29) is 5.82 Å². The monoisotopic (exact) mass is 348 g/mol. The molecular weight excluding hydrogens is 327 g/mol. The van der Waals surface area contributed by atoms with Gasteiger partial charge in [-0.2, -0.15) is 0 Å². The summed E-state index contributed by atoms with van der Waals surface area (Å²) in [7, 11) is 0. The third-order valence-corrected chi connectivity index (χ3v) is 4.83. The number of aromatic nitrogens is 3. The average Bonchev–Trinajstić information content (AvgIpc) is 2.69. The van der Waals surface area contributed by atoms with Crippen LogP contribution in [0, 0.1) is 5.82 Å². The van der Waals surface area contributed by atoms with Crippen molar-refractivity contribution in [1.29, 1.82) is 0 Å². The van der Waals surface area contributed by atoms with Gasteiger partial charge in [-0.3, -0.25) is 19.9 Å². The minimum atomic E-state index is -0.250. The summed E-state index contributed by atoms with van der Waals surface area (Å²) >= 11 is 0. The highest BCUT2D eigenvalue weighted by Gasteiger charge is 2.25. The lowest BCUT2D eigenvalue weighted by Crippen LogP contribution is -2.34. The molecule has 1 saturated heterocycles. The van der Waals surface area contributed by atoms with E-state index in [1.807, 2.05) is 24.4 Å². The first-order chi connectivity index (χ1) is 12.8. The van der Waals surface area contributed by atoms with Gasteiger partial charge in [0.1, 0.15) is 5.82 Å². The third-order valence-electron chi connectivity index (χ3n) is 4.83. The number of piperidine rings is 1. The topological polar surface area (TPSA) is 41.9 Å². The zero-order valence-corrected chi connectivity index (χ0v) is 14.6. The van der Waals surface area contributed by atoms with Crippen LogP contribution in [0.4, 0.5) is 4.39 Å². The molecule has 1 aliphatic heterocycles. The summed E-state index contributed by atoms with van der Waals surface area (Å²) < 4.78 is 13.7. The van der Waals surface area contributed by atoms with Crippen LogP contribution in [0.2, 0.25) is 0 Å². The van der Waals surface area contributed by atoms with Crippen LogP contribution in [0.5, 0.6) is 0 Å². The van der Waals surface area contributed by atoms with Gasteiger partial charge in [0.2, 0.25) is 0 Å². The van der Waals surface area contributed by atoms with E-state index in [1.54, 1.807) is 18.5 Å². The Morgan fingerprint density at radius 1 is 1.00 bits per heavy atom. The number of halogens is 1. The predicted molar refractivity (Wildman–Crippen MR) is 98.9 cm³/mol. The van der Waals surface area contributed by atoms with Crippen LogP contribution < -0.4 is 0 Å². The molecule has 2 aromatic heterocycles. The molecule has 1 fully saturated rings. The highest BCUT2D eigenvalue weighted by molar-refractivity contribution is 5.62. The van der Waals surface area contributed by atoms with Crippen molar-refractivity contribution in [1.82, 2.24) is 19.9 Å². The Labute approximate surface area is 152 Å². The molecule has 0 spiro atoms. The highest BCUT2D eigenvalue weighted by atomic mass is 19.1. The first-order valence-electron chi connectivity index (χ1n) is 8.99. The van der Waals surface area contributed by atoms with Gasteiger partial charge in [0.05, 0.1) is 17.1 Å². The highest BCUT2D eigenvalue weighted by Crippen LogP contribution is 2.32. The minimum Gasteiger partial charge on any atom is -0.297 e. The molecule has 0 radical (unpaired) electrons. The second kappa shape index (κ2) is 7.70. The van der Waals surface area contributed by atoms with Gasteiger partial charge < -0.3 is 0 Å². The molecule has 4 rings (SSSR count). The van der Waals surface area contributed by atoms with Crippen molar-refractivity contribution < 1.29 is 4.39 Å². The smallest absolute Gasteiger partial charge is 0.123 e. The lowest BCUT2D eigenvalue weighted by molar-refractivity contribution is 0.196. The number of benzene rings is 1. The van der Waals surface area contributed by atoms with Crippen LogP contribution in [0.15, 0.2) is 61.1 Å². The molecule has 4 nitrogen and oxygen atoms in total. The van der Waals surface area contributed by atoms with Gasteiger partial charge in [-0.25, -0.2) is 4.39 Å². The maximum Gasteiger partial charge on any atom is 0.123 e. The fourth-order valence-corrected chi connectivity index (χ4v) is 3.65. The van der Waals surface area contributed by atoms with Crippen LogP contribution in [0.1, 0.15) is 30.1 Å². The van der Waals surface area contributed by atoms with Crippen molar-refractivity contribution in [3.05, 3.63) is 78.3 Å². The van der Waals surface area contributed by atoms with Crippen LogP contribution >= 0.6 is 0 Å². The van der Waals surface area contributed by atoms with Crippen molar-refractivity contribution in [3.8, 4) is 11.3 Å². The molecular formula is C21H21FN4. The molecule has 1 atom stereocenters. The lowest BCUT2D eigenvalue weighted by Gasteiger charge is -2.32.